The Labute approximate surface area is 149 Å². The molecule has 0 aliphatic carbocycles. The van der Waals surface area contributed by atoms with E-state index in [1.807, 2.05) is 17.5 Å². The van der Waals surface area contributed by atoms with Crippen molar-refractivity contribution in [2.24, 2.45) is 4.99 Å². The van der Waals surface area contributed by atoms with Crippen molar-refractivity contribution in [3.8, 4) is 0 Å². The Morgan fingerprint density at radius 2 is 2.13 bits per heavy atom. The van der Waals surface area contributed by atoms with E-state index in [1.165, 1.54) is 17.4 Å². The number of aliphatic imine (C=N–C) groups is 1. The second kappa shape index (κ2) is 7.18. The van der Waals surface area contributed by atoms with Crippen molar-refractivity contribution in [2.75, 3.05) is 5.32 Å². The van der Waals surface area contributed by atoms with Crippen molar-refractivity contribution in [2.45, 2.75) is 0 Å². The molecule has 116 valence electrons. The number of thiophene rings is 1. The van der Waals surface area contributed by atoms with Crippen molar-refractivity contribution in [3.63, 3.8) is 0 Å². The number of carbonyl (C=O) groups is 1. The molecule has 1 amide bonds. The van der Waals surface area contributed by atoms with E-state index in [2.05, 4.69) is 20.5 Å². The first kappa shape index (κ1) is 16.1. The van der Waals surface area contributed by atoms with Gasteiger partial charge in [-0.15, -0.1) is 21.5 Å². The Kier molecular flexibility index (Phi) is 5.02. The number of hydrogen-bond acceptors (Lipinski definition) is 6. The Morgan fingerprint density at radius 1 is 1.26 bits per heavy atom. The van der Waals surface area contributed by atoms with Gasteiger partial charge in [-0.25, -0.2) is 4.99 Å². The Balaban J connectivity index is 1.70. The summed E-state index contributed by atoms with van der Waals surface area (Å²) in [5.74, 6) is -0.378. The molecule has 1 aromatic carbocycles. The molecule has 0 bridgehead atoms. The predicted molar refractivity (Wildman–Crippen MR) is 95.9 cm³/mol. The van der Waals surface area contributed by atoms with Gasteiger partial charge in [0.2, 0.25) is 10.3 Å². The van der Waals surface area contributed by atoms with Gasteiger partial charge in [-0.1, -0.05) is 40.6 Å². The lowest BCUT2D eigenvalue weighted by molar-refractivity contribution is 0.102. The van der Waals surface area contributed by atoms with E-state index in [0.29, 0.717) is 20.8 Å². The van der Waals surface area contributed by atoms with Crippen LogP contribution < -0.4 is 5.32 Å². The number of halogens is 2. The zero-order valence-electron chi connectivity index (χ0n) is 11.4. The Morgan fingerprint density at radius 3 is 2.87 bits per heavy atom. The predicted octanol–water partition coefficient (Wildman–Crippen LogP) is 4.91. The zero-order chi connectivity index (χ0) is 16.2. The van der Waals surface area contributed by atoms with Crippen LogP contribution in [0.15, 0.2) is 40.7 Å². The summed E-state index contributed by atoms with van der Waals surface area (Å²) in [6.07, 6.45) is 1.70. The molecule has 0 aliphatic rings. The molecule has 0 atom stereocenters. The maximum absolute atomic E-state index is 12.2. The molecule has 9 heteroatoms. The third kappa shape index (κ3) is 4.14. The number of hydrogen-bond donors (Lipinski definition) is 1. The zero-order valence-corrected chi connectivity index (χ0v) is 14.5. The Hall–Kier alpha value is -1.80. The van der Waals surface area contributed by atoms with E-state index in [9.17, 15) is 4.79 Å². The normalized spacial score (nSPS) is 11.0. The summed E-state index contributed by atoms with van der Waals surface area (Å²) in [6.45, 7) is 0. The summed E-state index contributed by atoms with van der Waals surface area (Å²) >= 11 is 14.6. The van der Waals surface area contributed by atoms with Gasteiger partial charge in [0, 0.05) is 16.1 Å². The van der Waals surface area contributed by atoms with E-state index >= 15 is 0 Å². The van der Waals surface area contributed by atoms with Crippen LogP contribution in [-0.4, -0.2) is 22.3 Å². The van der Waals surface area contributed by atoms with E-state index in [1.54, 1.807) is 29.7 Å². The lowest BCUT2D eigenvalue weighted by Gasteiger charge is -2.03. The summed E-state index contributed by atoms with van der Waals surface area (Å²) in [5, 5.41) is 13.9. The molecule has 2 aromatic heterocycles. The average molecular weight is 383 g/mol. The monoisotopic (exact) mass is 382 g/mol. The molecule has 0 spiro atoms. The highest BCUT2D eigenvalue weighted by molar-refractivity contribution is 7.19. The fourth-order valence-corrected chi connectivity index (χ4v) is 3.30. The van der Waals surface area contributed by atoms with Crippen LogP contribution in [0.3, 0.4) is 0 Å². The molecule has 23 heavy (non-hydrogen) atoms. The molecular formula is C14H8Cl2N4OS2. The van der Waals surface area contributed by atoms with Crippen LogP contribution in [0.1, 0.15) is 15.2 Å². The van der Waals surface area contributed by atoms with E-state index < -0.39 is 0 Å². The molecular weight excluding hydrogens is 375 g/mol. The van der Waals surface area contributed by atoms with Crippen LogP contribution in [0.5, 0.6) is 0 Å². The fraction of sp³-hybridized carbons (Fsp3) is 0. The molecule has 0 saturated carbocycles. The van der Waals surface area contributed by atoms with Crippen LogP contribution in [0, 0.1) is 0 Å². The molecule has 0 fully saturated rings. The van der Waals surface area contributed by atoms with Gasteiger partial charge < -0.3 is 0 Å². The smallest absolute Gasteiger partial charge is 0.259 e. The summed E-state index contributed by atoms with van der Waals surface area (Å²) in [6, 6.07) is 8.54. The van der Waals surface area contributed by atoms with E-state index in [-0.39, 0.29) is 10.9 Å². The highest BCUT2D eigenvalue weighted by Gasteiger charge is 2.13. The quantitative estimate of drug-likeness (QED) is 0.651. The number of aromatic nitrogens is 2. The number of anilines is 1. The molecule has 3 aromatic rings. The average Bonchev–Trinajstić information content (AvgIpc) is 3.16. The summed E-state index contributed by atoms with van der Waals surface area (Å²) < 4.78 is 0. The number of benzene rings is 1. The minimum absolute atomic E-state index is 0.274. The molecule has 5 nitrogen and oxygen atoms in total. The van der Waals surface area contributed by atoms with Gasteiger partial charge in [0.1, 0.15) is 0 Å². The van der Waals surface area contributed by atoms with Gasteiger partial charge in [-0.05, 0) is 29.6 Å². The molecule has 1 N–H and O–H groups in total. The van der Waals surface area contributed by atoms with E-state index in [0.717, 1.165) is 4.88 Å². The number of amides is 1. The number of nitrogens with zero attached hydrogens (tertiary/aromatic N) is 3. The first-order valence-electron chi connectivity index (χ1n) is 6.29. The lowest BCUT2D eigenvalue weighted by Crippen LogP contribution is -2.12. The molecule has 2 heterocycles. The molecule has 0 saturated heterocycles. The topological polar surface area (TPSA) is 67.2 Å². The molecule has 0 radical (unpaired) electrons. The summed E-state index contributed by atoms with van der Waals surface area (Å²) in [5.41, 5.74) is 0.315. The third-order valence-electron chi connectivity index (χ3n) is 2.66. The second-order valence-corrected chi connectivity index (χ2v) is 7.02. The van der Waals surface area contributed by atoms with Crippen molar-refractivity contribution < 1.29 is 4.79 Å². The van der Waals surface area contributed by atoms with Crippen molar-refractivity contribution in [1.29, 1.82) is 0 Å². The van der Waals surface area contributed by atoms with Gasteiger partial charge in [-0.2, -0.15) is 0 Å². The maximum Gasteiger partial charge on any atom is 0.259 e. The van der Waals surface area contributed by atoms with Crippen LogP contribution >= 0.6 is 45.9 Å². The fourth-order valence-electron chi connectivity index (χ4n) is 1.64. The van der Waals surface area contributed by atoms with Crippen LogP contribution in [0.2, 0.25) is 10.0 Å². The number of nitrogens with one attached hydrogen (secondary N) is 1. The van der Waals surface area contributed by atoms with Crippen molar-refractivity contribution in [1.82, 2.24) is 10.2 Å². The minimum Gasteiger partial charge on any atom is -0.296 e. The van der Waals surface area contributed by atoms with Gasteiger partial charge in [0.15, 0.2) is 0 Å². The van der Waals surface area contributed by atoms with Crippen molar-refractivity contribution in [3.05, 3.63) is 56.2 Å². The van der Waals surface area contributed by atoms with Gasteiger partial charge in [-0.3, -0.25) is 10.1 Å². The summed E-state index contributed by atoms with van der Waals surface area (Å²) in [4.78, 5) is 17.4. The van der Waals surface area contributed by atoms with Crippen LogP contribution in [-0.2, 0) is 0 Å². The molecule has 0 aliphatic heterocycles. The standard InChI is InChI=1S/C14H8Cl2N4OS2/c15-8-3-4-10(11(16)6-8)12(21)18-14-20-19-13(23-14)17-7-9-2-1-5-22-9/h1-7H,(H,18,20,21). The lowest BCUT2D eigenvalue weighted by atomic mass is 10.2. The Bertz CT molecular complexity index is 862. The third-order valence-corrected chi connectivity index (χ3v) is 4.76. The number of rotatable bonds is 4. The first-order chi connectivity index (χ1) is 11.1. The SMILES string of the molecule is O=C(Nc1nnc(N=Cc2cccs2)s1)c1ccc(Cl)cc1Cl. The van der Waals surface area contributed by atoms with Gasteiger partial charge >= 0.3 is 0 Å². The van der Waals surface area contributed by atoms with Crippen LogP contribution in [0.4, 0.5) is 10.3 Å². The first-order valence-corrected chi connectivity index (χ1v) is 8.74. The van der Waals surface area contributed by atoms with Gasteiger partial charge in [0.25, 0.3) is 5.91 Å². The van der Waals surface area contributed by atoms with E-state index in [4.69, 9.17) is 23.2 Å². The largest absolute Gasteiger partial charge is 0.296 e. The highest BCUT2D eigenvalue weighted by Crippen LogP contribution is 2.25. The van der Waals surface area contributed by atoms with Crippen LogP contribution in [0.25, 0.3) is 0 Å². The maximum atomic E-state index is 12.2. The molecule has 0 unspecified atom stereocenters. The molecule has 3 rings (SSSR count). The highest BCUT2D eigenvalue weighted by atomic mass is 35.5. The van der Waals surface area contributed by atoms with Crippen molar-refractivity contribution >= 4 is 68.3 Å². The second-order valence-electron chi connectivity index (χ2n) is 4.24. The van der Waals surface area contributed by atoms with Gasteiger partial charge in [0.05, 0.1) is 10.6 Å². The minimum atomic E-state index is -0.378. The number of carbonyl (C=O) groups excluding carboxylic acids is 1. The summed E-state index contributed by atoms with van der Waals surface area (Å²) in [7, 11) is 0.